The fourth-order valence-electron chi connectivity index (χ4n) is 8.24. The van der Waals surface area contributed by atoms with Crippen molar-refractivity contribution in [3.63, 3.8) is 0 Å². The summed E-state index contributed by atoms with van der Waals surface area (Å²) in [5.74, 6) is -0.683. The molecular weight excluding hydrogens is 506 g/mol. The monoisotopic (exact) mass is 547 g/mol. The highest BCUT2D eigenvalue weighted by atomic mass is 16.6. The van der Waals surface area contributed by atoms with Crippen LogP contribution in [0.15, 0.2) is 47.1 Å². The smallest absolute Gasteiger partial charge is 0.305 e. The number of fused-ring (bicyclic) bond motifs is 4. The molecule has 7 heteroatoms. The number of allylic oxidation sites excluding steroid dienone is 4. The average molecular weight is 548 g/mol. The summed E-state index contributed by atoms with van der Waals surface area (Å²) in [6, 6.07) is 8.59. The fraction of sp³-hybridized carbons (Fsp3) is 0.576. The third kappa shape index (κ3) is 4.61. The van der Waals surface area contributed by atoms with Crippen LogP contribution < -0.4 is 4.90 Å². The average Bonchev–Trinajstić information content (AvgIpc) is 3.22. The summed E-state index contributed by atoms with van der Waals surface area (Å²) in [7, 11) is 4.03. The number of anilines is 1. The quantitative estimate of drug-likeness (QED) is 0.418. The van der Waals surface area contributed by atoms with Gasteiger partial charge in [0.2, 0.25) is 5.78 Å². The first-order chi connectivity index (χ1) is 19.0. The maximum absolute atomic E-state index is 14.0. The minimum Gasteiger partial charge on any atom is -0.457 e. The van der Waals surface area contributed by atoms with E-state index in [0.29, 0.717) is 19.3 Å². The molecule has 0 N–H and O–H groups in total. The lowest BCUT2D eigenvalue weighted by atomic mass is 9.50. The van der Waals surface area contributed by atoms with E-state index in [1.165, 1.54) is 29.2 Å². The summed E-state index contributed by atoms with van der Waals surface area (Å²) in [6.45, 7) is 4.77. The van der Waals surface area contributed by atoms with Crippen molar-refractivity contribution in [3.8, 4) is 0 Å². The second-order valence-corrected chi connectivity index (χ2v) is 12.4. The lowest BCUT2D eigenvalue weighted by Gasteiger charge is -2.55. The van der Waals surface area contributed by atoms with Crippen LogP contribution in [0.5, 0.6) is 0 Å². The van der Waals surface area contributed by atoms with Crippen molar-refractivity contribution < 1.29 is 28.7 Å². The third-order valence-corrected chi connectivity index (χ3v) is 10.1. The molecule has 2 fully saturated rings. The molecule has 0 aliphatic heterocycles. The van der Waals surface area contributed by atoms with Crippen molar-refractivity contribution in [3.05, 3.63) is 52.6 Å². The summed E-state index contributed by atoms with van der Waals surface area (Å²) >= 11 is 0. The molecule has 4 aliphatic rings. The molecule has 0 bridgehead atoms. The second-order valence-electron chi connectivity index (χ2n) is 12.4. The fourth-order valence-corrected chi connectivity index (χ4v) is 8.24. The van der Waals surface area contributed by atoms with Crippen molar-refractivity contribution in [1.82, 2.24) is 0 Å². The number of benzene rings is 1. The molecule has 0 saturated heterocycles. The number of nitrogens with zero attached hydrogens (tertiary/aromatic N) is 1. The molecule has 7 nitrogen and oxygen atoms in total. The van der Waals surface area contributed by atoms with Gasteiger partial charge >= 0.3 is 11.9 Å². The van der Waals surface area contributed by atoms with E-state index in [1.54, 1.807) is 6.92 Å². The van der Waals surface area contributed by atoms with Crippen LogP contribution in [0.2, 0.25) is 0 Å². The Labute approximate surface area is 237 Å². The summed E-state index contributed by atoms with van der Waals surface area (Å²) in [4.78, 5) is 52.8. The topological polar surface area (TPSA) is 90.0 Å². The Bertz CT molecular complexity index is 1290. The van der Waals surface area contributed by atoms with E-state index in [1.807, 2.05) is 20.2 Å². The highest BCUT2D eigenvalue weighted by Gasteiger charge is 2.68. The zero-order valence-electron chi connectivity index (χ0n) is 24.4. The van der Waals surface area contributed by atoms with Crippen molar-refractivity contribution in [2.24, 2.45) is 17.3 Å². The highest BCUT2D eigenvalue weighted by molar-refractivity contribution is 5.94. The number of ether oxygens (including phenoxy) is 2. The van der Waals surface area contributed by atoms with Gasteiger partial charge < -0.3 is 14.4 Å². The second kappa shape index (κ2) is 10.6. The van der Waals surface area contributed by atoms with Gasteiger partial charge in [-0.1, -0.05) is 31.6 Å². The van der Waals surface area contributed by atoms with Gasteiger partial charge in [-0.3, -0.25) is 19.2 Å². The van der Waals surface area contributed by atoms with Crippen LogP contribution in [0.3, 0.4) is 0 Å². The van der Waals surface area contributed by atoms with Gasteiger partial charge in [0.25, 0.3) is 0 Å². The van der Waals surface area contributed by atoms with Gasteiger partial charge in [-0.2, -0.15) is 0 Å². The summed E-state index contributed by atoms with van der Waals surface area (Å²) < 4.78 is 11.4. The van der Waals surface area contributed by atoms with Crippen molar-refractivity contribution in [1.29, 1.82) is 0 Å². The SMILES string of the molecule is CCC(=O)OCC(=O)[C@]1(OC(C)=O)CCC2C3CCC4=CC(=O)CCC4=C3C(c3ccc(N(C)C)cc3)C[C@@]21C. The molecule has 0 radical (unpaired) electrons. The number of esters is 2. The van der Waals surface area contributed by atoms with Crippen LogP contribution in [0.1, 0.15) is 83.6 Å². The van der Waals surface area contributed by atoms with Crippen LogP contribution in [0.25, 0.3) is 0 Å². The van der Waals surface area contributed by atoms with Gasteiger partial charge in [-0.25, -0.2) is 0 Å². The zero-order chi connectivity index (χ0) is 28.8. The van der Waals surface area contributed by atoms with E-state index in [2.05, 4.69) is 36.1 Å². The van der Waals surface area contributed by atoms with E-state index in [-0.39, 0.29) is 35.7 Å². The summed E-state index contributed by atoms with van der Waals surface area (Å²) in [5.41, 5.74) is 4.19. The predicted octanol–water partition coefficient (Wildman–Crippen LogP) is 5.48. The molecule has 1 aromatic rings. The summed E-state index contributed by atoms with van der Waals surface area (Å²) in [5, 5.41) is 0. The highest BCUT2D eigenvalue weighted by Crippen LogP contribution is 2.67. The first kappa shape index (κ1) is 28.3. The van der Waals surface area contributed by atoms with Crippen molar-refractivity contribution >= 4 is 29.2 Å². The molecule has 0 spiro atoms. The number of ketones is 2. The Hall–Kier alpha value is -3.22. The molecule has 5 atom stereocenters. The molecule has 2 saturated carbocycles. The third-order valence-electron chi connectivity index (χ3n) is 10.1. The Balaban J connectivity index is 1.64. The molecule has 214 valence electrons. The van der Waals surface area contributed by atoms with Crippen LogP contribution >= 0.6 is 0 Å². The van der Waals surface area contributed by atoms with E-state index in [4.69, 9.17) is 9.47 Å². The minimum absolute atomic E-state index is 0.0217. The molecule has 3 unspecified atom stereocenters. The maximum atomic E-state index is 14.0. The maximum Gasteiger partial charge on any atom is 0.305 e. The van der Waals surface area contributed by atoms with Gasteiger partial charge in [0.05, 0.1) is 0 Å². The van der Waals surface area contributed by atoms with Crippen LogP contribution in [0.4, 0.5) is 5.69 Å². The largest absolute Gasteiger partial charge is 0.457 e. The molecule has 40 heavy (non-hydrogen) atoms. The standard InChI is InChI=1S/C33H41NO6/c1-6-30(38)39-19-29(37)33(40-20(2)35)16-15-28-26-13-9-22-17-24(36)12-14-25(22)31(26)27(18-32(28,33)3)21-7-10-23(11-8-21)34(4)5/h7-8,10-11,17,26-28H,6,9,12-16,18-19H2,1-5H3/t26?,27?,28?,32-,33+/m0/s1. The van der Waals surface area contributed by atoms with Crippen LogP contribution in [-0.2, 0) is 28.7 Å². The Morgan fingerprint density at radius 2 is 1.77 bits per heavy atom. The lowest BCUT2D eigenvalue weighted by Crippen LogP contribution is -2.58. The lowest BCUT2D eigenvalue weighted by molar-refractivity contribution is -0.186. The molecule has 0 aromatic heterocycles. The number of Topliss-reactive ketones (excluding diaryl/α,β-unsaturated/α-hetero) is 1. The van der Waals surface area contributed by atoms with Crippen molar-refractivity contribution in [2.75, 3.05) is 25.6 Å². The van der Waals surface area contributed by atoms with Crippen molar-refractivity contribution in [2.45, 2.75) is 83.7 Å². The normalized spacial score (nSPS) is 31.0. The first-order valence-electron chi connectivity index (χ1n) is 14.6. The molecule has 1 aromatic carbocycles. The number of carbonyl (C=O) groups excluding carboxylic acids is 4. The van der Waals surface area contributed by atoms with E-state index >= 15 is 0 Å². The number of hydrogen-bond donors (Lipinski definition) is 0. The predicted molar refractivity (Wildman–Crippen MR) is 152 cm³/mol. The van der Waals surface area contributed by atoms with Gasteiger partial charge in [-0.05, 0) is 85.3 Å². The zero-order valence-corrected chi connectivity index (χ0v) is 24.4. The van der Waals surface area contributed by atoms with E-state index in [9.17, 15) is 19.2 Å². The first-order valence-corrected chi connectivity index (χ1v) is 14.6. The Morgan fingerprint density at radius 3 is 2.42 bits per heavy atom. The molecule has 0 heterocycles. The summed E-state index contributed by atoms with van der Waals surface area (Å²) in [6.07, 6.45) is 6.87. The Morgan fingerprint density at radius 1 is 1.05 bits per heavy atom. The minimum atomic E-state index is -1.35. The molecule has 0 amide bonds. The van der Waals surface area contributed by atoms with E-state index < -0.39 is 29.6 Å². The van der Waals surface area contributed by atoms with Crippen LogP contribution in [-0.4, -0.2) is 49.8 Å². The number of hydrogen-bond acceptors (Lipinski definition) is 7. The van der Waals surface area contributed by atoms with Crippen LogP contribution in [0, 0.1) is 17.3 Å². The van der Waals surface area contributed by atoms with Gasteiger partial charge in [0.1, 0.15) is 0 Å². The number of rotatable bonds is 7. The van der Waals surface area contributed by atoms with Gasteiger partial charge in [0.15, 0.2) is 18.0 Å². The number of carbonyl (C=O) groups is 4. The van der Waals surface area contributed by atoms with Gasteiger partial charge in [-0.15, -0.1) is 0 Å². The molecule has 5 rings (SSSR count). The Kier molecular flexibility index (Phi) is 7.53. The molecule has 4 aliphatic carbocycles. The van der Waals surface area contributed by atoms with E-state index in [0.717, 1.165) is 31.4 Å². The van der Waals surface area contributed by atoms with Gasteiger partial charge in [0, 0.05) is 50.9 Å². The molecular formula is C33H41NO6.